The lowest BCUT2D eigenvalue weighted by atomic mass is 10.1. The monoisotopic (exact) mass is 445 g/mol. The quantitative estimate of drug-likeness (QED) is 0.534. The van der Waals surface area contributed by atoms with Gasteiger partial charge < -0.3 is 14.7 Å². The van der Waals surface area contributed by atoms with Crippen LogP contribution in [-0.2, 0) is 17.9 Å². The standard InChI is InChI=1S/C23H18ClF2NO4/c24-21-11-19(26)9-6-17(21)12-27(13-22(28)29)23(30)16-2-1-3-20(10-16)31-14-15-4-7-18(25)8-5-15/h1-11H,12-14H2,(H,28,29). The zero-order valence-corrected chi connectivity index (χ0v) is 17.0. The van der Waals surface area contributed by atoms with Gasteiger partial charge in [0.25, 0.3) is 5.91 Å². The number of hydrogen-bond donors (Lipinski definition) is 1. The van der Waals surface area contributed by atoms with Crippen molar-refractivity contribution in [3.63, 3.8) is 0 Å². The molecule has 0 saturated heterocycles. The molecule has 0 bridgehead atoms. The van der Waals surface area contributed by atoms with E-state index >= 15 is 0 Å². The average molecular weight is 446 g/mol. The number of hydrogen-bond acceptors (Lipinski definition) is 3. The molecule has 1 amide bonds. The summed E-state index contributed by atoms with van der Waals surface area (Å²) in [7, 11) is 0. The highest BCUT2D eigenvalue weighted by Gasteiger charge is 2.20. The lowest BCUT2D eigenvalue weighted by molar-refractivity contribution is -0.137. The van der Waals surface area contributed by atoms with Crippen molar-refractivity contribution in [1.82, 2.24) is 4.90 Å². The topological polar surface area (TPSA) is 66.8 Å². The maximum absolute atomic E-state index is 13.3. The van der Waals surface area contributed by atoms with E-state index in [0.29, 0.717) is 11.3 Å². The van der Waals surface area contributed by atoms with Crippen molar-refractivity contribution in [1.29, 1.82) is 0 Å². The van der Waals surface area contributed by atoms with Gasteiger partial charge in [-0.05, 0) is 53.6 Å². The number of ether oxygens (including phenoxy) is 1. The van der Waals surface area contributed by atoms with Crippen LogP contribution in [-0.4, -0.2) is 28.4 Å². The average Bonchev–Trinajstić information content (AvgIpc) is 2.74. The number of carboxylic acids is 1. The summed E-state index contributed by atoms with van der Waals surface area (Å²) in [5.41, 5.74) is 1.38. The molecule has 160 valence electrons. The van der Waals surface area contributed by atoms with Crippen LogP contribution in [0.4, 0.5) is 8.78 Å². The molecular formula is C23H18ClF2NO4. The molecule has 1 N–H and O–H groups in total. The van der Waals surface area contributed by atoms with E-state index in [2.05, 4.69) is 0 Å². The summed E-state index contributed by atoms with van der Waals surface area (Å²) in [6.07, 6.45) is 0. The van der Waals surface area contributed by atoms with Crippen LogP contribution >= 0.6 is 11.6 Å². The van der Waals surface area contributed by atoms with Gasteiger partial charge in [-0.3, -0.25) is 9.59 Å². The summed E-state index contributed by atoms with van der Waals surface area (Å²) >= 11 is 6.03. The van der Waals surface area contributed by atoms with Crippen molar-refractivity contribution in [2.24, 2.45) is 0 Å². The SMILES string of the molecule is O=C(O)CN(Cc1ccc(F)cc1Cl)C(=O)c1cccc(OCc2ccc(F)cc2)c1. The number of benzene rings is 3. The van der Waals surface area contributed by atoms with Gasteiger partial charge in [-0.2, -0.15) is 0 Å². The molecule has 0 aliphatic rings. The Balaban J connectivity index is 1.76. The minimum atomic E-state index is -1.20. The van der Waals surface area contributed by atoms with Gasteiger partial charge in [0.05, 0.1) is 0 Å². The normalized spacial score (nSPS) is 10.5. The van der Waals surface area contributed by atoms with E-state index in [1.807, 2.05) is 0 Å². The third-order valence-corrected chi connectivity index (χ3v) is 4.74. The number of amides is 1. The minimum Gasteiger partial charge on any atom is -0.489 e. The number of carbonyl (C=O) groups is 2. The first-order valence-corrected chi connectivity index (χ1v) is 9.62. The summed E-state index contributed by atoms with van der Waals surface area (Å²) in [4.78, 5) is 25.4. The van der Waals surface area contributed by atoms with Crippen molar-refractivity contribution in [2.45, 2.75) is 13.2 Å². The van der Waals surface area contributed by atoms with Crippen LogP contribution < -0.4 is 4.74 Å². The zero-order valence-electron chi connectivity index (χ0n) is 16.2. The number of carboxylic acid groups (broad SMARTS) is 1. The third kappa shape index (κ3) is 6.26. The first kappa shape index (κ1) is 22.2. The second kappa shape index (κ2) is 10.0. The van der Waals surface area contributed by atoms with E-state index in [1.54, 1.807) is 24.3 Å². The van der Waals surface area contributed by atoms with E-state index in [9.17, 15) is 23.5 Å². The molecule has 0 aliphatic heterocycles. The Kier molecular flexibility index (Phi) is 7.20. The van der Waals surface area contributed by atoms with Gasteiger partial charge in [0.2, 0.25) is 0 Å². The first-order valence-electron chi connectivity index (χ1n) is 9.24. The number of halogens is 3. The van der Waals surface area contributed by atoms with Crippen molar-refractivity contribution in [3.8, 4) is 5.75 Å². The summed E-state index contributed by atoms with van der Waals surface area (Å²) < 4.78 is 32.0. The van der Waals surface area contributed by atoms with Crippen LogP contribution in [0.25, 0.3) is 0 Å². The highest BCUT2D eigenvalue weighted by atomic mass is 35.5. The smallest absolute Gasteiger partial charge is 0.323 e. The summed E-state index contributed by atoms with van der Waals surface area (Å²) in [5, 5.41) is 9.31. The molecule has 0 saturated carbocycles. The highest BCUT2D eigenvalue weighted by Crippen LogP contribution is 2.22. The molecule has 3 rings (SSSR count). The molecule has 0 aliphatic carbocycles. The van der Waals surface area contributed by atoms with E-state index in [-0.39, 0.29) is 29.6 Å². The van der Waals surface area contributed by atoms with E-state index in [0.717, 1.165) is 16.5 Å². The van der Waals surface area contributed by atoms with Crippen LogP contribution in [0, 0.1) is 11.6 Å². The van der Waals surface area contributed by atoms with Gasteiger partial charge in [0, 0.05) is 17.1 Å². The first-order chi connectivity index (χ1) is 14.8. The number of rotatable bonds is 8. The van der Waals surface area contributed by atoms with E-state index < -0.39 is 24.2 Å². The zero-order chi connectivity index (χ0) is 22.4. The van der Waals surface area contributed by atoms with Crippen molar-refractivity contribution >= 4 is 23.5 Å². The van der Waals surface area contributed by atoms with Crippen LogP contribution in [0.2, 0.25) is 5.02 Å². The lowest BCUT2D eigenvalue weighted by Gasteiger charge is -2.22. The Morgan fingerprint density at radius 3 is 2.35 bits per heavy atom. The molecule has 0 radical (unpaired) electrons. The Hall–Kier alpha value is -3.45. The van der Waals surface area contributed by atoms with Gasteiger partial charge in [-0.1, -0.05) is 35.9 Å². The van der Waals surface area contributed by atoms with E-state index in [1.165, 1.54) is 36.4 Å². The van der Waals surface area contributed by atoms with Crippen LogP contribution in [0.1, 0.15) is 21.5 Å². The fourth-order valence-electron chi connectivity index (χ4n) is 2.87. The predicted molar refractivity (Wildman–Crippen MR) is 111 cm³/mol. The second-order valence-electron chi connectivity index (χ2n) is 6.73. The largest absolute Gasteiger partial charge is 0.489 e. The molecule has 0 heterocycles. The predicted octanol–water partition coefficient (Wildman–Crippen LogP) is 4.92. The molecule has 8 heteroatoms. The summed E-state index contributed by atoms with van der Waals surface area (Å²) in [5.74, 6) is -2.23. The molecule has 0 atom stereocenters. The van der Waals surface area contributed by atoms with Gasteiger partial charge in [-0.15, -0.1) is 0 Å². The lowest BCUT2D eigenvalue weighted by Crippen LogP contribution is -2.35. The van der Waals surface area contributed by atoms with Gasteiger partial charge in [0.15, 0.2) is 0 Å². The summed E-state index contributed by atoms with van der Waals surface area (Å²) in [6, 6.07) is 15.8. The molecular weight excluding hydrogens is 428 g/mol. The molecule has 0 fully saturated rings. The van der Waals surface area contributed by atoms with Crippen LogP contribution in [0.5, 0.6) is 5.75 Å². The maximum Gasteiger partial charge on any atom is 0.323 e. The Bertz CT molecular complexity index is 1090. The molecule has 31 heavy (non-hydrogen) atoms. The number of carbonyl (C=O) groups excluding carboxylic acids is 1. The fraction of sp³-hybridized carbons (Fsp3) is 0.130. The van der Waals surface area contributed by atoms with Crippen molar-refractivity contribution in [2.75, 3.05) is 6.54 Å². The van der Waals surface area contributed by atoms with Gasteiger partial charge in [0.1, 0.15) is 30.5 Å². The Morgan fingerprint density at radius 1 is 0.968 bits per heavy atom. The molecule has 3 aromatic carbocycles. The number of nitrogens with zero attached hydrogens (tertiary/aromatic N) is 1. The van der Waals surface area contributed by atoms with Gasteiger partial charge in [-0.25, -0.2) is 8.78 Å². The van der Waals surface area contributed by atoms with Gasteiger partial charge >= 0.3 is 5.97 Å². The minimum absolute atomic E-state index is 0.0968. The van der Waals surface area contributed by atoms with Crippen LogP contribution in [0.15, 0.2) is 66.7 Å². The summed E-state index contributed by atoms with van der Waals surface area (Å²) in [6.45, 7) is -0.500. The Morgan fingerprint density at radius 2 is 1.68 bits per heavy atom. The van der Waals surface area contributed by atoms with E-state index in [4.69, 9.17) is 16.3 Å². The maximum atomic E-state index is 13.3. The fourth-order valence-corrected chi connectivity index (χ4v) is 3.09. The highest BCUT2D eigenvalue weighted by molar-refractivity contribution is 6.31. The number of aliphatic carboxylic acids is 1. The molecule has 3 aromatic rings. The molecule has 0 aromatic heterocycles. The van der Waals surface area contributed by atoms with Crippen LogP contribution in [0.3, 0.4) is 0 Å². The Labute approximate surface area is 182 Å². The third-order valence-electron chi connectivity index (χ3n) is 4.39. The molecule has 0 spiro atoms. The molecule has 5 nitrogen and oxygen atoms in total. The molecule has 0 unspecified atom stereocenters. The second-order valence-corrected chi connectivity index (χ2v) is 7.14. The van der Waals surface area contributed by atoms with Crippen molar-refractivity contribution in [3.05, 3.63) is 100 Å². The van der Waals surface area contributed by atoms with Crippen molar-refractivity contribution < 1.29 is 28.2 Å².